The van der Waals surface area contributed by atoms with Crippen LogP contribution in [0.1, 0.15) is 33.8 Å². The lowest BCUT2D eigenvalue weighted by atomic mass is 9.96. The summed E-state index contributed by atoms with van der Waals surface area (Å²) in [5, 5.41) is 6.17. The standard InChI is InChI=1S/C27H28N2O3S/c30-27(28-17-20-12-14-29(15-13-20)18-22-9-6-16-33-22)26-24(19-31-21-7-2-1-3-8-21)23-10-4-5-11-25(23)32-26/h1-11,16,20H,12-15,17-19H2,(H,28,30). The highest BCUT2D eigenvalue weighted by Gasteiger charge is 2.24. The van der Waals surface area contributed by atoms with E-state index in [2.05, 4.69) is 27.7 Å². The van der Waals surface area contributed by atoms with Crippen LogP contribution in [0.2, 0.25) is 0 Å². The molecule has 0 bridgehead atoms. The van der Waals surface area contributed by atoms with Crippen LogP contribution in [-0.2, 0) is 13.2 Å². The van der Waals surface area contributed by atoms with E-state index in [0.29, 0.717) is 23.8 Å². The second-order valence-corrected chi connectivity index (χ2v) is 9.55. The van der Waals surface area contributed by atoms with Gasteiger partial charge in [-0.3, -0.25) is 9.69 Å². The zero-order valence-electron chi connectivity index (χ0n) is 18.5. The quantitative estimate of drug-likeness (QED) is 0.366. The minimum atomic E-state index is -0.168. The molecule has 170 valence electrons. The first-order valence-corrected chi connectivity index (χ1v) is 12.4. The van der Waals surface area contributed by atoms with Gasteiger partial charge in [-0.05, 0) is 61.5 Å². The van der Waals surface area contributed by atoms with Crippen molar-refractivity contribution in [2.75, 3.05) is 19.6 Å². The number of hydrogen-bond donors (Lipinski definition) is 1. The summed E-state index contributed by atoms with van der Waals surface area (Å²) in [7, 11) is 0. The van der Waals surface area contributed by atoms with Crippen molar-refractivity contribution in [3.8, 4) is 5.75 Å². The van der Waals surface area contributed by atoms with Gasteiger partial charge in [0.05, 0.1) is 0 Å². The van der Waals surface area contributed by atoms with Crippen LogP contribution in [-0.4, -0.2) is 30.4 Å². The van der Waals surface area contributed by atoms with Crippen LogP contribution >= 0.6 is 11.3 Å². The largest absolute Gasteiger partial charge is 0.489 e. The number of para-hydroxylation sites is 2. The number of rotatable bonds is 8. The molecular weight excluding hydrogens is 432 g/mol. The van der Waals surface area contributed by atoms with Crippen molar-refractivity contribution in [3.63, 3.8) is 0 Å². The minimum absolute atomic E-state index is 0.168. The van der Waals surface area contributed by atoms with Gasteiger partial charge >= 0.3 is 0 Å². The van der Waals surface area contributed by atoms with Crippen LogP contribution in [0, 0.1) is 5.92 Å². The van der Waals surface area contributed by atoms with E-state index in [1.165, 1.54) is 4.88 Å². The summed E-state index contributed by atoms with van der Waals surface area (Å²) in [6, 6.07) is 21.7. The van der Waals surface area contributed by atoms with E-state index >= 15 is 0 Å². The maximum Gasteiger partial charge on any atom is 0.287 e. The Labute approximate surface area is 198 Å². The molecule has 33 heavy (non-hydrogen) atoms. The van der Waals surface area contributed by atoms with Gasteiger partial charge in [0.1, 0.15) is 17.9 Å². The van der Waals surface area contributed by atoms with E-state index in [4.69, 9.17) is 9.15 Å². The first kappa shape index (κ1) is 21.7. The van der Waals surface area contributed by atoms with Crippen LogP contribution in [0.3, 0.4) is 0 Å². The van der Waals surface area contributed by atoms with Gasteiger partial charge in [0, 0.05) is 28.9 Å². The van der Waals surface area contributed by atoms with E-state index in [1.807, 2.05) is 65.9 Å². The number of nitrogens with one attached hydrogen (secondary N) is 1. The Morgan fingerprint density at radius 2 is 1.82 bits per heavy atom. The first-order valence-electron chi connectivity index (χ1n) is 11.5. The number of likely N-dealkylation sites (tertiary alicyclic amines) is 1. The van der Waals surface area contributed by atoms with Gasteiger partial charge in [-0.2, -0.15) is 0 Å². The van der Waals surface area contributed by atoms with Gasteiger partial charge in [0.25, 0.3) is 5.91 Å². The number of carbonyl (C=O) groups is 1. The van der Waals surface area contributed by atoms with E-state index in [1.54, 1.807) is 0 Å². The zero-order chi connectivity index (χ0) is 22.5. The maximum absolute atomic E-state index is 13.1. The highest BCUT2D eigenvalue weighted by Crippen LogP contribution is 2.28. The number of benzene rings is 2. The summed E-state index contributed by atoms with van der Waals surface area (Å²) in [5.74, 6) is 1.44. The third-order valence-corrected chi connectivity index (χ3v) is 7.11. The number of carbonyl (C=O) groups excluding carboxylic acids is 1. The van der Waals surface area contributed by atoms with Gasteiger partial charge in [0.2, 0.25) is 0 Å². The molecule has 5 rings (SSSR count). The fourth-order valence-electron chi connectivity index (χ4n) is 4.39. The first-order chi connectivity index (χ1) is 16.3. The van der Waals surface area contributed by atoms with Crippen molar-refractivity contribution < 1.29 is 13.9 Å². The average molecular weight is 461 g/mol. The Hall–Kier alpha value is -3.09. The van der Waals surface area contributed by atoms with Crippen LogP contribution in [0.15, 0.2) is 76.5 Å². The maximum atomic E-state index is 13.1. The van der Waals surface area contributed by atoms with Crippen molar-refractivity contribution >= 4 is 28.2 Å². The Morgan fingerprint density at radius 1 is 1.03 bits per heavy atom. The zero-order valence-corrected chi connectivity index (χ0v) is 19.4. The number of furan rings is 1. The van der Waals surface area contributed by atoms with Crippen LogP contribution in [0.4, 0.5) is 0 Å². The number of ether oxygens (including phenoxy) is 1. The topological polar surface area (TPSA) is 54.7 Å². The molecule has 0 atom stereocenters. The number of amides is 1. The molecule has 1 aliphatic rings. The Kier molecular flexibility index (Phi) is 6.74. The highest BCUT2D eigenvalue weighted by atomic mass is 32.1. The lowest BCUT2D eigenvalue weighted by molar-refractivity contribution is 0.0906. The summed E-state index contributed by atoms with van der Waals surface area (Å²) in [4.78, 5) is 17.0. The summed E-state index contributed by atoms with van der Waals surface area (Å²) in [6.45, 7) is 4.12. The third kappa shape index (κ3) is 5.29. The summed E-state index contributed by atoms with van der Waals surface area (Å²) < 4.78 is 11.9. The molecule has 0 spiro atoms. The number of thiophene rings is 1. The van der Waals surface area contributed by atoms with Crippen molar-refractivity contribution in [1.82, 2.24) is 10.2 Å². The molecule has 0 unspecified atom stereocenters. The molecule has 1 amide bonds. The van der Waals surface area contributed by atoms with Gasteiger partial charge in [0.15, 0.2) is 5.76 Å². The summed E-state index contributed by atoms with van der Waals surface area (Å²) in [5.41, 5.74) is 1.49. The van der Waals surface area contributed by atoms with Gasteiger partial charge in [-0.1, -0.05) is 42.5 Å². The predicted molar refractivity (Wildman–Crippen MR) is 132 cm³/mol. The molecule has 0 radical (unpaired) electrons. The third-order valence-electron chi connectivity index (χ3n) is 6.25. The van der Waals surface area contributed by atoms with Crippen molar-refractivity contribution in [2.45, 2.75) is 26.0 Å². The van der Waals surface area contributed by atoms with E-state index in [9.17, 15) is 4.79 Å². The molecule has 1 saturated heterocycles. The second kappa shape index (κ2) is 10.2. The Morgan fingerprint density at radius 3 is 2.61 bits per heavy atom. The lowest BCUT2D eigenvalue weighted by Gasteiger charge is -2.31. The van der Waals surface area contributed by atoms with Crippen molar-refractivity contribution in [2.24, 2.45) is 5.92 Å². The average Bonchev–Trinajstić information content (AvgIpc) is 3.50. The smallest absolute Gasteiger partial charge is 0.287 e. The van der Waals surface area contributed by atoms with Gasteiger partial charge in [-0.25, -0.2) is 0 Å². The van der Waals surface area contributed by atoms with Gasteiger partial charge in [-0.15, -0.1) is 11.3 Å². The van der Waals surface area contributed by atoms with Crippen molar-refractivity contribution in [3.05, 3.63) is 88.3 Å². The molecule has 3 heterocycles. The molecule has 0 aliphatic carbocycles. The molecular formula is C27H28N2O3S. The second-order valence-electron chi connectivity index (χ2n) is 8.52. The molecule has 2 aromatic heterocycles. The molecule has 1 N–H and O–H groups in total. The van der Waals surface area contributed by atoms with Crippen LogP contribution in [0.25, 0.3) is 11.0 Å². The highest BCUT2D eigenvalue weighted by molar-refractivity contribution is 7.09. The monoisotopic (exact) mass is 460 g/mol. The Balaban J connectivity index is 1.20. The predicted octanol–water partition coefficient (Wildman–Crippen LogP) is 5.72. The number of fused-ring (bicyclic) bond motifs is 1. The van der Waals surface area contributed by atoms with Crippen LogP contribution < -0.4 is 10.1 Å². The molecule has 5 nitrogen and oxygen atoms in total. The lowest BCUT2D eigenvalue weighted by Crippen LogP contribution is -2.38. The molecule has 4 aromatic rings. The fraction of sp³-hybridized carbons (Fsp3) is 0.296. The summed E-state index contributed by atoms with van der Waals surface area (Å²) >= 11 is 1.82. The normalized spacial score (nSPS) is 15.0. The molecule has 2 aromatic carbocycles. The number of nitrogens with zero attached hydrogens (tertiary/aromatic N) is 1. The number of piperidine rings is 1. The minimum Gasteiger partial charge on any atom is -0.489 e. The fourth-order valence-corrected chi connectivity index (χ4v) is 5.13. The van der Waals surface area contributed by atoms with E-state index in [0.717, 1.165) is 49.2 Å². The molecule has 1 fully saturated rings. The number of hydrogen-bond acceptors (Lipinski definition) is 5. The molecule has 0 saturated carbocycles. The van der Waals surface area contributed by atoms with E-state index in [-0.39, 0.29) is 12.5 Å². The van der Waals surface area contributed by atoms with Crippen LogP contribution in [0.5, 0.6) is 5.75 Å². The molecule has 1 aliphatic heterocycles. The van der Waals surface area contributed by atoms with Gasteiger partial charge < -0.3 is 14.5 Å². The Bertz CT molecular complexity index is 1180. The molecule has 6 heteroatoms. The van der Waals surface area contributed by atoms with E-state index < -0.39 is 0 Å². The van der Waals surface area contributed by atoms with Crippen molar-refractivity contribution in [1.29, 1.82) is 0 Å². The summed E-state index contributed by atoms with van der Waals surface area (Å²) in [6.07, 6.45) is 2.19. The SMILES string of the molecule is O=C(NCC1CCN(Cc2cccs2)CC1)c1oc2ccccc2c1COc1ccccc1.